The molecule has 0 saturated carbocycles. The van der Waals surface area contributed by atoms with E-state index in [-0.39, 0.29) is 31.1 Å². The fourth-order valence-corrected chi connectivity index (χ4v) is 10.0. The van der Waals surface area contributed by atoms with Crippen LogP contribution in [0.2, 0.25) is 0 Å². The van der Waals surface area contributed by atoms with Crippen molar-refractivity contribution >= 4 is 17.9 Å². The van der Waals surface area contributed by atoms with Gasteiger partial charge in [-0.3, -0.25) is 14.4 Å². The first-order chi connectivity index (χ1) is 39.0. The molecule has 0 aliphatic heterocycles. The maximum absolute atomic E-state index is 12.9. The SMILES string of the molecule is CC/C=C\C/C=C\C/C=C\CCCCCC(=O)OCC(COC(=O)CCCCCCCCCCCCCCCCCCC/C=C\CCCCCCCCCC)OC(=O)CCCCCCCCCCC/C=C\C/C=C\CCCCC. The van der Waals surface area contributed by atoms with Crippen LogP contribution in [-0.4, -0.2) is 37.2 Å². The first kappa shape index (κ1) is 75.8. The van der Waals surface area contributed by atoms with Gasteiger partial charge in [0, 0.05) is 19.3 Å². The van der Waals surface area contributed by atoms with Gasteiger partial charge in [0.05, 0.1) is 0 Å². The van der Waals surface area contributed by atoms with Gasteiger partial charge in [-0.25, -0.2) is 0 Å². The Balaban J connectivity index is 4.22. The van der Waals surface area contributed by atoms with Gasteiger partial charge in [-0.15, -0.1) is 0 Å². The van der Waals surface area contributed by atoms with Crippen molar-refractivity contribution in [3.8, 4) is 0 Å². The Kier molecular flexibility index (Phi) is 64.7. The van der Waals surface area contributed by atoms with Gasteiger partial charge in [-0.1, -0.05) is 299 Å². The third-order valence-electron chi connectivity index (χ3n) is 15.2. The van der Waals surface area contributed by atoms with Crippen LogP contribution in [0.25, 0.3) is 0 Å². The Labute approximate surface area is 491 Å². The molecule has 6 heteroatoms. The van der Waals surface area contributed by atoms with Crippen LogP contribution in [0.5, 0.6) is 0 Å². The van der Waals surface area contributed by atoms with E-state index in [1.807, 2.05) is 0 Å². The number of hydrogen-bond acceptors (Lipinski definition) is 6. The van der Waals surface area contributed by atoms with E-state index in [0.717, 1.165) is 89.9 Å². The van der Waals surface area contributed by atoms with Crippen molar-refractivity contribution in [3.63, 3.8) is 0 Å². The highest BCUT2D eigenvalue weighted by molar-refractivity contribution is 5.71. The number of hydrogen-bond donors (Lipinski definition) is 0. The third-order valence-corrected chi connectivity index (χ3v) is 15.2. The van der Waals surface area contributed by atoms with Crippen molar-refractivity contribution in [2.45, 2.75) is 361 Å². The molecule has 458 valence electrons. The van der Waals surface area contributed by atoms with Crippen molar-refractivity contribution in [1.29, 1.82) is 0 Å². The van der Waals surface area contributed by atoms with Gasteiger partial charge in [-0.05, 0) is 109 Å². The van der Waals surface area contributed by atoms with E-state index in [1.54, 1.807) is 0 Å². The van der Waals surface area contributed by atoms with Gasteiger partial charge in [0.1, 0.15) is 13.2 Å². The minimum absolute atomic E-state index is 0.0840. The van der Waals surface area contributed by atoms with Crippen LogP contribution in [-0.2, 0) is 28.6 Å². The van der Waals surface area contributed by atoms with Crippen LogP contribution < -0.4 is 0 Å². The van der Waals surface area contributed by atoms with Crippen molar-refractivity contribution in [1.82, 2.24) is 0 Å². The van der Waals surface area contributed by atoms with Gasteiger partial charge in [0.25, 0.3) is 0 Å². The quantitative estimate of drug-likeness (QED) is 0.0261. The van der Waals surface area contributed by atoms with Crippen molar-refractivity contribution in [2.24, 2.45) is 0 Å². The van der Waals surface area contributed by atoms with E-state index >= 15 is 0 Å². The second-order valence-electron chi connectivity index (χ2n) is 23.1. The van der Waals surface area contributed by atoms with E-state index in [1.165, 1.54) is 225 Å². The molecule has 0 aromatic carbocycles. The van der Waals surface area contributed by atoms with E-state index in [9.17, 15) is 14.4 Å². The molecule has 0 aliphatic carbocycles. The van der Waals surface area contributed by atoms with Crippen molar-refractivity contribution < 1.29 is 28.6 Å². The summed E-state index contributed by atoms with van der Waals surface area (Å²) in [6, 6.07) is 0. The monoisotopic (exact) mass is 1100 g/mol. The van der Waals surface area contributed by atoms with E-state index in [0.29, 0.717) is 19.3 Å². The van der Waals surface area contributed by atoms with Gasteiger partial charge in [0.15, 0.2) is 6.10 Å². The Bertz CT molecular complexity index is 1450. The van der Waals surface area contributed by atoms with E-state index < -0.39 is 6.10 Å². The minimum Gasteiger partial charge on any atom is -0.462 e. The van der Waals surface area contributed by atoms with Crippen LogP contribution in [0.15, 0.2) is 72.9 Å². The van der Waals surface area contributed by atoms with Crippen molar-refractivity contribution in [3.05, 3.63) is 72.9 Å². The normalized spacial score (nSPS) is 12.5. The van der Waals surface area contributed by atoms with Crippen LogP contribution in [0.1, 0.15) is 355 Å². The molecular formula is C73H130O6. The number of esters is 3. The smallest absolute Gasteiger partial charge is 0.306 e. The summed E-state index contributed by atoms with van der Waals surface area (Å²) in [6.07, 6.45) is 87.9. The molecule has 0 fully saturated rings. The number of rotatable bonds is 63. The summed E-state index contributed by atoms with van der Waals surface area (Å²) in [6.45, 7) is 6.52. The lowest BCUT2D eigenvalue weighted by molar-refractivity contribution is -0.167. The van der Waals surface area contributed by atoms with Crippen molar-refractivity contribution in [2.75, 3.05) is 13.2 Å². The Hall–Kier alpha value is -3.15. The Morgan fingerprint density at radius 2 is 0.494 bits per heavy atom. The van der Waals surface area contributed by atoms with Crippen LogP contribution in [0.3, 0.4) is 0 Å². The van der Waals surface area contributed by atoms with E-state index in [4.69, 9.17) is 14.2 Å². The molecule has 1 unspecified atom stereocenters. The molecule has 0 spiro atoms. The standard InChI is InChI=1S/C73H130O6/c1-4-7-10-13-16-19-22-25-27-29-31-32-33-34-35-36-37-38-39-40-42-43-45-48-51-54-57-60-63-66-72(75)78-69-70(68-77-71(74)65-62-59-56-53-50-47-24-21-18-15-12-9-6-3)79-73(76)67-64-61-58-55-52-49-46-44-41-30-28-26-23-20-17-14-11-8-5-2/h9,12,17-18,20-21,26,28-29,31,47,50,70H,4-8,10-11,13-16,19,22-25,27,30,32-46,48-49,51-69H2,1-3H3/b12-9-,20-17-,21-18-,28-26-,31-29-,50-47-. The molecule has 0 saturated heterocycles. The summed E-state index contributed by atoms with van der Waals surface area (Å²) in [7, 11) is 0. The number of carbonyl (C=O) groups is 3. The summed E-state index contributed by atoms with van der Waals surface area (Å²) in [5.74, 6) is -0.902. The zero-order valence-corrected chi connectivity index (χ0v) is 52.6. The minimum atomic E-state index is -0.790. The molecule has 0 heterocycles. The van der Waals surface area contributed by atoms with Crippen LogP contribution in [0.4, 0.5) is 0 Å². The number of unbranched alkanes of at least 4 members (excludes halogenated alkanes) is 40. The maximum atomic E-state index is 12.9. The average molecular weight is 1100 g/mol. The lowest BCUT2D eigenvalue weighted by Gasteiger charge is -2.18. The first-order valence-electron chi connectivity index (χ1n) is 34.4. The lowest BCUT2D eigenvalue weighted by Crippen LogP contribution is -2.30. The molecule has 0 aromatic rings. The molecule has 79 heavy (non-hydrogen) atoms. The average Bonchev–Trinajstić information content (AvgIpc) is 3.45. The van der Waals surface area contributed by atoms with Crippen LogP contribution >= 0.6 is 0 Å². The predicted octanol–water partition coefficient (Wildman–Crippen LogP) is 23.7. The predicted molar refractivity (Wildman–Crippen MR) is 344 cm³/mol. The Morgan fingerprint density at radius 3 is 0.823 bits per heavy atom. The summed E-state index contributed by atoms with van der Waals surface area (Å²) >= 11 is 0. The molecule has 0 N–H and O–H groups in total. The van der Waals surface area contributed by atoms with Crippen LogP contribution in [0, 0.1) is 0 Å². The highest BCUT2D eigenvalue weighted by atomic mass is 16.6. The van der Waals surface area contributed by atoms with Gasteiger partial charge in [0.2, 0.25) is 0 Å². The first-order valence-corrected chi connectivity index (χ1v) is 34.4. The van der Waals surface area contributed by atoms with Gasteiger partial charge in [-0.2, -0.15) is 0 Å². The summed E-state index contributed by atoms with van der Waals surface area (Å²) in [5, 5.41) is 0. The molecule has 0 rings (SSSR count). The molecule has 1 atom stereocenters. The zero-order valence-electron chi connectivity index (χ0n) is 52.6. The molecule has 0 amide bonds. The topological polar surface area (TPSA) is 78.9 Å². The molecule has 6 nitrogen and oxygen atoms in total. The number of allylic oxidation sites excluding steroid dienone is 12. The largest absolute Gasteiger partial charge is 0.462 e. The highest BCUT2D eigenvalue weighted by Gasteiger charge is 2.19. The molecule has 0 aliphatic rings. The fourth-order valence-electron chi connectivity index (χ4n) is 10.0. The maximum Gasteiger partial charge on any atom is 0.306 e. The lowest BCUT2D eigenvalue weighted by atomic mass is 10.0. The number of carbonyl (C=O) groups excluding carboxylic acids is 3. The van der Waals surface area contributed by atoms with Gasteiger partial charge >= 0.3 is 17.9 Å². The highest BCUT2D eigenvalue weighted by Crippen LogP contribution is 2.17. The van der Waals surface area contributed by atoms with E-state index in [2.05, 4.69) is 93.7 Å². The Morgan fingerprint density at radius 1 is 0.266 bits per heavy atom. The molecule has 0 aromatic heterocycles. The van der Waals surface area contributed by atoms with Gasteiger partial charge < -0.3 is 14.2 Å². The molecule has 0 radical (unpaired) electrons. The fraction of sp³-hybridized carbons (Fsp3) is 0.795. The molecular weight excluding hydrogens is 973 g/mol. The summed E-state index contributed by atoms with van der Waals surface area (Å²) in [4.78, 5) is 38.3. The summed E-state index contributed by atoms with van der Waals surface area (Å²) in [5.41, 5.74) is 0. The number of ether oxygens (including phenoxy) is 3. The summed E-state index contributed by atoms with van der Waals surface area (Å²) < 4.78 is 16.9. The third kappa shape index (κ3) is 65.5. The molecule has 0 bridgehead atoms. The second kappa shape index (κ2) is 67.4. The second-order valence-corrected chi connectivity index (χ2v) is 23.1. The zero-order chi connectivity index (χ0) is 57.1.